The number of hydrogen-bond acceptors (Lipinski definition) is 1. The highest BCUT2D eigenvalue weighted by atomic mass is 79.9. The Kier molecular flexibility index (Phi) is 5.34. The van der Waals surface area contributed by atoms with Crippen LogP contribution in [0.15, 0.2) is 112 Å². The fourth-order valence-corrected chi connectivity index (χ4v) is 4.54. The Bertz CT molecular complexity index is 1340. The molecule has 0 unspecified atom stereocenters. The first-order chi connectivity index (χ1) is 15.1. The molecule has 0 heterocycles. The Morgan fingerprint density at radius 1 is 0.548 bits per heavy atom. The number of amides is 1. The third-order valence-electron chi connectivity index (χ3n) is 5.31. The second-order valence-corrected chi connectivity index (χ2v) is 9.19. The zero-order valence-electron chi connectivity index (χ0n) is 16.4. The molecule has 4 heteroatoms. The van der Waals surface area contributed by atoms with Crippen LogP contribution in [0, 0.1) is 0 Å². The molecule has 0 bridgehead atoms. The second kappa shape index (κ2) is 8.29. The molecule has 0 radical (unpaired) electrons. The van der Waals surface area contributed by atoms with E-state index in [9.17, 15) is 4.79 Å². The SMILES string of the molecule is O=C(c1ccccc1)N(c1ccc2ccc(Br)cc2c1)c1ccc2ccc(Br)cc2c1. The van der Waals surface area contributed by atoms with Crippen molar-refractivity contribution < 1.29 is 4.79 Å². The monoisotopic (exact) mass is 529 g/mol. The molecule has 31 heavy (non-hydrogen) atoms. The highest BCUT2D eigenvalue weighted by Gasteiger charge is 2.20. The Labute approximate surface area is 197 Å². The summed E-state index contributed by atoms with van der Waals surface area (Å²) in [6.07, 6.45) is 0. The Hall–Kier alpha value is -2.95. The summed E-state index contributed by atoms with van der Waals surface area (Å²) >= 11 is 7.11. The molecule has 5 aromatic rings. The summed E-state index contributed by atoms with van der Waals surface area (Å²) in [5, 5.41) is 4.39. The van der Waals surface area contributed by atoms with Gasteiger partial charge in [0.05, 0.1) is 0 Å². The number of carbonyl (C=O) groups is 1. The number of anilines is 2. The van der Waals surface area contributed by atoms with E-state index in [1.54, 1.807) is 4.90 Å². The maximum atomic E-state index is 13.7. The number of nitrogens with zero attached hydrogens (tertiary/aromatic N) is 1. The van der Waals surface area contributed by atoms with E-state index in [0.29, 0.717) is 5.56 Å². The minimum atomic E-state index is -0.0655. The van der Waals surface area contributed by atoms with E-state index in [0.717, 1.165) is 41.9 Å². The predicted octanol–water partition coefficient (Wildman–Crippen LogP) is 8.50. The van der Waals surface area contributed by atoms with Gasteiger partial charge in [0, 0.05) is 25.9 Å². The number of halogens is 2. The number of rotatable bonds is 3. The van der Waals surface area contributed by atoms with E-state index < -0.39 is 0 Å². The van der Waals surface area contributed by atoms with Gasteiger partial charge in [0.2, 0.25) is 0 Å². The lowest BCUT2D eigenvalue weighted by Crippen LogP contribution is -2.25. The lowest BCUT2D eigenvalue weighted by molar-refractivity contribution is 0.0999. The fourth-order valence-electron chi connectivity index (χ4n) is 3.78. The lowest BCUT2D eigenvalue weighted by Gasteiger charge is -2.24. The summed E-state index contributed by atoms with van der Waals surface area (Å²) in [5.74, 6) is -0.0655. The van der Waals surface area contributed by atoms with Gasteiger partial charge in [0.25, 0.3) is 5.91 Å². The van der Waals surface area contributed by atoms with Crippen LogP contribution >= 0.6 is 31.9 Å². The van der Waals surface area contributed by atoms with Gasteiger partial charge in [0.1, 0.15) is 0 Å². The second-order valence-electron chi connectivity index (χ2n) is 7.36. The molecule has 0 saturated carbocycles. The Morgan fingerprint density at radius 3 is 1.55 bits per heavy atom. The highest BCUT2D eigenvalue weighted by molar-refractivity contribution is 9.10. The first-order valence-corrected chi connectivity index (χ1v) is 11.5. The quantitative estimate of drug-likeness (QED) is 0.229. The number of carbonyl (C=O) groups excluding carboxylic acids is 1. The van der Waals surface area contributed by atoms with Gasteiger partial charge in [0.15, 0.2) is 0 Å². The van der Waals surface area contributed by atoms with Crippen LogP contribution in [-0.2, 0) is 0 Å². The molecule has 0 N–H and O–H groups in total. The number of hydrogen-bond donors (Lipinski definition) is 0. The standard InChI is InChI=1S/C27H17Br2NO/c28-23-10-6-18-8-12-25(16-21(18)14-23)30(27(31)20-4-2-1-3-5-20)26-13-9-19-7-11-24(29)15-22(19)17-26/h1-17H. The van der Waals surface area contributed by atoms with Crippen LogP contribution < -0.4 is 4.90 Å². The molecule has 0 spiro atoms. The van der Waals surface area contributed by atoms with Gasteiger partial charge < -0.3 is 0 Å². The molecular formula is C27H17Br2NO. The average Bonchev–Trinajstić information content (AvgIpc) is 2.79. The summed E-state index contributed by atoms with van der Waals surface area (Å²) in [6, 6.07) is 34.0. The molecule has 150 valence electrons. The molecule has 1 amide bonds. The van der Waals surface area contributed by atoms with Crippen LogP contribution in [0.3, 0.4) is 0 Å². The molecule has 0 atom stereocenters. The summed E-state index contributed by atoms with van der Waals surface area (Å²) < 4.78 is 2.02. The van der Waals surface area contributed by atoms with E-state index in [1.807, 2.05) is 54.6 Å². The normalized spacial score (nSPS) is 11.0. The fraction of sp³-hybridized carbons (Fsp3) is 0. The van der Waals surface area contributed by atoms with Gasteiger partial charge in [-0.05, 0) is 82.2 Å². The smallest absolute Gasteiger partial charge is 0.262 e. The van der Waals surface area contributed by atoms with Crippen molar-refractivity contribution in [1.82, 2.24) is 0 Å². The van der Waals surface area contributed by atoms with E-state index in [-0.39, 0.29) is 5.91 Å². The van der Waals surface area contributed by atoms with Crippen LogP contribution in [0.25, 0.3) is 21.5 Å². The van der Waals surface area contributed by atoms with Crippen LogP contribution in [-0.4, -0.2) is 5.91 Å². The van der Waals surface area contributed by atoms with E-state index in [2.05, 4.69) is 80.4 Å². The van der Waals surface area contributed by atoms with Crippen LogP contribution in [0.1, 0.15) is 10.4 Å². The molecule has 0 aromatic heterocycles. The summed E-state index contributed by atoms with van der Waals surface area (Å²) in [6.45, 7) is 0. The van der Waals surface area contributed by atoms with Gasteiger partial charge in [-0.3, -0.25) is 9.69 Å². The van der Waals surface area contributed by atoms with Crippen LogP contribution in [0.2, 0.25) is 0 Å². The van der Waals surface area contributed by atoms with Crippen molar-refractivity contribution >= 4 is 70.7 Å². The summed E-state index contributed by atoms with van der Waals surface area (Å²) in [4.78, 5) is 15.4. The van der Waals surface area contributed by atoms with E-state index >= 15 is 0 Å². The summed E-state index contributed by atoms with van der Waals surface area (Å²) in [7, 11) is 0. The van der Waals surface area contributed by atoms with Crippen LogP contribution in [0.4, 0.5) is 11.4 Å². The minimum absolute atomic E-state index is 0.0655. The lowest BCUT2D eigenvalue weighted by atomic mass is 10.1. The van der Waals surface area contributed by atoms with Gasteiger partial charge in [-0.2, -0.15) is 0 Å². The van der Waals surface area contributed by atoms with Crippen molar-refractivity contribution in [1.29, 1.82) is 0 Å². The highest BCUT2D eigenvalue weighted by Crippen LogP contribution is 2.33. The zero-order chi connectivity index (χ0) is 21.4. The van der Waals surface area contributed by atoms with Crippen molar-refractivity contribution in [3.8, 4) is 0 Å². The van der Waals surface area contributed by atoms with Gasteiger partial charge in [-0.25, -0.2) is 0 Å². The number of fused-ring (bicyclic) bond motifs is 2. The molecule has 0 saturated heterocycles. The molecule has 0 aliphatic heterocycles. The van der Waals surface area contributed by atoms with E-state index in [1.165, 1.54) is 0 Å². The van der Waals surface area contributed by atoms with Gasteiger partial charge in [-0.15, -0.1) is 0 Å². The third-order valence-corrected chi connectivity index (χ3v) is 6.30. The molecule has 0 aliphatic carbocycles. The molecule has 5 rings (SSSR count). The first-order valence-electron chi connectivity index (χ1n) is 9.87. The van der Waals surface area contributed by atoms with Crippen molar-refractivity contribution in [3.63, 3.8) is 0 Å². The van der Waals surface area contributed by atoms with E-state index in [4.69, 9.17) is 0 Å². The minimum Gasteiger partial charge on any atom is -0.277 e. The van der Waals surface area contributed by atoms with Crippen molar-refractivity contribution in [2.75, 3.05) is 4.90 Å². The Morgan fingerprint density at radius 2 is 1.03 bits per heavy atom. The molecule has 2 nitrogen and oxygen atoms in total. The largest absolute Gasteiger partial charge is 0.277 e. The maximum Gasteiger partial charge on any atom is 0.262 e. The van der Waals surface area contributed by atoms with Crippen molar-refractivity contribution in [2.45, 2.75) is 0 Å². The van der Waals surface area contributed by atoms with Crippen molar-refractivity contribution in [3.05, 3.63) is 118 Å². The maximum absolute atomic E-state index is 13.7. The van der Waals surface area contributed by atoms with Gasteiger partial charge >= 0.3 is 0 Å². The third kappa shape index (κ3) is 4.01. The Balaban J connectivity index is 1.71. The zero-order valence-corrected chi connectivity index (χ0v) is 19.6. The molecule has 0 aliphatic rings. The molecule has 0 fully saturated rings. The molecule has 5 aromatic carbocycles. The first kappa shape index (κ1) is 20.0. The van der Waals surface area contributed by atoms with Gasteiger partial charge in [-0.1, -0.05) is 74.3 Å². The van der Waals surface area contributed by atoms with Crippen LogP contribution in [0.5, 0.6) is 0 Å². The topological polar surface area (TPSA) is 20.3 Å². The molecular weight excluding hydrogens is 514 g/mol. The average molecular weight is 531 g/mol. The summed E-state index contributed by atoms with van der Waals surface area (Å²) in [5.41, 5.74) is 2.30. The van der Waals surface area contributed by atoms with Crippen molar-refractivity contribution in [2.24, 2.45) is 0 Å². The predicted molar refractivity (Wildman–Crippen MR) is 136 cm³/mol. The number of benzene rings is 5.